The van der Waals surface area contributed by atoms with Crippen LogP contribution in [0.15, 0.2) is 17.1 Å². The molecule has 20 heavy (non-hydrogen) atoms. The molecule has 0 fully saturated rings. The van der Waals surface area contributed by atoms with E-state index >= 15 is 0 Å². The van der Waals surface area contributed by atoms with Crippen molar-refractivity contribution < 1.29 is 9.59 Å². The highest BCUT2D eigenvalue weighted by Crippen LogP contribution is 2.23. The highest BCUT2D eigenvalue weighted by Gasteiger charge is 2.36. The van der Waals surface area contributed by atoms with Crippen molar-refractivity contribution in [2.45, 2.75) is 65.0 Å². The second-order valence-electron chi connectivity index (χ2n) is 5.87. The van der Waals surface area contributed by atoms with Gasteiger partial charge in [-0.3, -0.25) is 4.48 Å². The van der Waals surface area contributed by atoms with E-state index in [1.807, 2.05) is 0 Å². The minimum atomic E-state index is 0.274. The molecule has 0 aromatic carbocycles. The lowest BCUT2D eigenvalue weighted by Crippen LogP contribution is -2.53. The highest BCUT2D eigenvalue weighted by molar-refractivity contribution is 5.60. The van der Waals surface area contributed by atoms with Gasteiger partial charge in [0.2, 0.25) is 0 Å². The first-order valence-electron chi connectivity index (χ1n) is 8.42. The van der Waals surface area contributed by atoms with Gasteiger partial charge in [-0.2, -0.15) is 0 Å². The average Bonchev–Trinajstić information content (AvgIpc) is 2.86. The minimum absolute atomic E-state index is 0.274. The van der Waals surface area contributed by atoms with Gasteiger partial charge in [-0.1, -0.05) is 31.9 Å². The highest BCUT2D eigenvalue weighted by atomic mass is 16.3. The summed E-state index contributed by atoms with van der Waals surface area (Å²) < 4.78 is 0.965. The van der Waals surface area contributed by atoms with Crippen LogP contribution >= 0.6 is 0 Å². The number of rotatable bonds is 11. The average molecular weight is 281 g/mol. The molecule has 0 bridgehead atoms. The first-order chi connectivity index (χ1) is 9.79. The molecule has 116 valence electrons. The zero-order chi connectivity index (χ0) is 14.7. The fraction of sp³-hybridized carbons (Fsp3) is 0.824. The lowest BCUT2D eigenvalue weighted by molar-refractivity contribution is -0.936. The van der Waals surface area contributed by atoms with Crippen molar-refractivity contribution in [1.29, 1.82) is 0 Å². The van der Waals surface area contributed by atoms with Crippen LogP contribution in [-0.4, -0.2) is 48.2 Å². The summed E-state index contributed by atoms with van der Waals surface area (Å²) in [7, 11) is 0. The van der Waals surface area contributed by atoms with Gasteiger partial charge in [0.15, 0.2) is 6.17 Å². The van der Waals surface area contributed by atoms with E-state index in [9.17, 15) is 5.11 Å². The van der Waals surface area contributed by atoms with Gasteiger partial charge in [-0.05, 0) is 32.6 Å². The van der Waals surface area contributed by atoms with Crippen molar-refractivity contribution in [2.75, 3.05) is 26.2 Å². The predicted octanol–water partition coefficient (Wildman–Crippen LogP) is 3.53. The Morgan fingerprint density at radius 2 is 2.00 bits per heavy atom. The number of aliphatic hydroxyl groups is 1. The molecule has 0 amide bonds. The van der Waals surface area contributed by atoms with Gasteiger partial charge in [-0.25, -0.2) is 4.99 Å². The standard InChI is InChI=1S/C17H33N2O/c1-3-5-6-7-8-9-10-11-12-17-18-13-14-19(17,4-2)15-16-20/h6-7,13,17,20H,3-5,8-12,14-16H2,1-2H3/q+1/b7-6+. The maximum absolute atomic E-state index is 9.27. The van der Waals surface area contributed by atoms with Crippen LogP contribution in [0.3, 0.4) is 0 Å². The van der Waals surface area contributed by atoms with E-state index in [0.29, 0.717) is 6.17 Å². The maximum atomic E-state index is 9.27. The molecule has 1 N–H and O–H groups in total. The molecule has 1 heterocycles. The SMILES string of the molecule is CCC/C=C/CCCCCC1N=CC[N+]1(CC)CCO. The summed E-state index contributed by atoms with van der Waals surface area (Å²) in [5.41, 5.74) is 0. The summed E-state index contributed by atoms with van der Waals surface area (Å²) in [5.74, 6) is 0. The zero-order valence-corrected chi connectivity index (χ0v) is 13.4. The molecule has 0 aliphatic carbocycles. The quantitative estimate of drug-likeness (QED) is 0.351. The summed E-state index contributed by atoms with van der Waals surface area (Å²) in [4.78, 5) is 4.66. The molecule has 3 heteroatoms. The number of aliphatic hydroxyl groups excluding tert-OH is 1. The third-order valence-electron chi connectivity index (χ3n) is 4.49. The van der Waals surface area contributed by atoms with Gasteiger partial charge >= 0.3 is 0 Å². The number of hydrogen-bond acceptors (Lipinski definition) is 2. The molecule has 1 aliphatic rings. The van der Waals surface area contributed by atoms with Crippen LogP contribution in [0.2, 0.25) is 0 Å². The molecule has 0 aromatic rings. The van der Waals surface area contributed by atoms with Crippen LogP contribution in [-0.2, 0) is 0 Å². The van der Waals surface area contributed by atoms with Crippen molar-refractivity contribution in [3.8, 4) is 0 Å². The Kier molecular flexibility index (Phi) is 8.79. The summed E-state index contributed by atoms with van der Waals surface area (Å²) >= 11 is 0. The largest absolute Gasteiger partial charge is 0.391 e. The molecular weight excluding hydrogens is 248 g/mol. The lowest BCUT2D eigenvalue weighted by atomic mass is 10.1. The number of quaternary nitrogens is 1. The third kappa shape index (κ3) is 5.37. The van der Waals surface area contributed by atoms with Crippen molar-refractivity contribution >= 4 is 6.21 Å². The van der Waals surface area contributed by atoms with Crippen molar-refractivity contribution in [2.24, 2.45) is 4.99 Å². The van der Waals surface area contributed by atoms with Crippen LogP contribution in [0.1, 0.15) is 58.8 Å². The molecular formula is C17H33N2O+. The fourth-order valence-electron chi connectivity index (χ4n) is 3.05. The van der Waals surface area contributed by atoms with Crippen molar-refractivity contribution in [1.82, 2.24) is 0 Å². The van der Waals surface area contributed by atoms with E-state index in [-0.39, 0.29) is 6.61 Å². The Bertz CT molecular complexity index is 301. The van der Waals surface area contributed by atoms with E-state index < -0.39 is 0 Å². The monoisotopic (exact) mass is 281 g/mol. The second kappa shape index (κ2) is 10.1. The molecule has 0 saturated heterocycles. The second-order valence-corrected chi connectivity index (χ2v) is 5.87. The van der Waals surface area contributed by atoms with Gasteiger partial charge in [0.1, 0.15) is 13.1 Å². The van der Waals surface area contributed by atoms with Gasteiger partial charge < -0.3 is 5.11 Å². The molecule has 0 spiro atoms. The molecule has 0 radical (unpaired) electrons. The van der Waals surface area contributed by atoms with E-state index in [1.165, 1.54) is 44.9 Å². The number of hydrogen-bond donors (Lipinski definition) is 1. The summed E-state index contributed by atoms with van der Waals surface area (Å²) in [5, 5.41) is 9.27. The lowest BCUT2D eigenvalue weighted by Gasteiger charge is -2.37. The topological polar surface area (TPSA) is 32.6 Å². The number of allylic oxidation sites excluding steroid dienone is 2. The van der Waals surface area contributed by atoms with Crippen LogP contribution < -0.4 is 0 Å². The van der Waals surface area contributed by atoms with Crippen LogP contribution in [0, 0.1) is 0 Å². The Labute approximate surface area is 125 Å². The molecule has 0 saturated carbocycles. The maximum Gasteiger partial charge on any atom is 0.182 e. The number of aliphatic imine (C=N–C) groups is 1. The molecule has 2 unspecified atom stereocenters. The van der Waals surface area contributed by atoms with Gasteiger partial charge in [0.05, 0.1) is 19.4 Å². The molecule has 1 rings (SSSR count). The molecule has 1 aliphatic heterocycles. The van der Waals surface area contributed by atoms with E-state index in [4.69, 9.17) is 0 Å². The van der Waals surface area contributed by atoms with Crippen LogP contribution in [0.5, 0.6) is 0 Å². The Hall–Kier alpha value is -0.670. The Balaban J connectivity index is 2.18. The molecule has 0 aromatic heterocycles. The first-order valence-corrected chi connectivity index (χ1v) is 8.42. The Morgan fingerprint density at radius 1 is 1.20 bits per heavy atom. The fourth-order valence-corrected chi connectivity index (χ4v) is 3.05. The summed E-state index contributed by atoms with van der Waals surface area (Å²) in [6.07, 6.45) is 15.8. The normalized spacial score (nSPS) is 25.9. The molecule has 3 nitrogen and oxygen atoms in total. The number of likely N-dealkylation sites (N-methyl/N-ethyl adjacent to an activating group) is 1. The number of nitrogens with zero attached hydrogens (tertiary/aromatic N) is 2. The summed E-state index contributed by atoms with van der Waals surface area (Å²) in [6.45, 7) is 7.64. The van der Waals surface area contributed by atoms with E-state index in [1.54, 1.807) is 0 Å². The zero-order valence-electron chi connectivity index (χ0n) is 13.4. The Morgan fingerprint density at radius 3 is 2.70 bits per heavy atom. The summed E-state index contributed by atoms with van der Waals surface area (Å²) in [6, 6.07) is 0. The molecule has 2 atom stereocenters. The van der Waals surface area contributed by atoms with Gasteiger partial charge in [0.25, 0.3) is 0 Å². The van der Waals surface area contributed by atoms with Gasteiger partial charge in [-0.15, -0.1) is 0 Å². The van der Waals surface area contributed by atoms with E-state index in [2.05, 4.69) is 37.2 Å². The smallest absolute Gasteiger partial charge is 0.182 e. The van der Waals surface area contributed by atoms with Crippen molar-refractivity contribution in [3.05, 3.63) is 12.2 Å². The van der Waals surface area contributed by atoms with Crippen LogP contribution in [0.25, 0.3) is 0 Å². The predicted molar refractivity (Wildman–Crippen MR) is 87.0 cm³/mol. The first kappa shape index (κ1) is 17.4. The number of unbranched alkanes of at least 4 members (excludes halogenated alkanes) is 4. The van der Waals surface area contributed by atoms with Crippen molar-refractivity contribution in [3.63, 3.8) is 0 Å². The van der Waals surface area contributed by atoms with Gasteiger partial charge in [0, 0.05) is 6.42 Å². The van der Waals surface area contributed by atoms with E-state index in [0.717, 1.165) is 24.1 Å². The van der Waals surface area contributed by atoms with Crippen LogP contribution in [0.4, 0.5) is 0 Å². The third-order valence-corrected chi connectivity index (χ3v) is 4.49. The minimum Gasteiger partial charge on any atom is -0.391 e.